The molecule has 0 N–H and O–H groups in total. The molecule has 1 aliphatic heterocycles. The minimum Gasteiger partial charge on any atom is -0.463 e. The van der Waals surface area contributed by atoms with Crippen LogP contribution >= 0.6 is 38.9 Å². The van der Waals surface area contributed by atoms with Crippen LogP contribution in [0.25, 0.3) is 6.08 Å². The largest absolute Gasteiger partial charge is 0.463 e. The first-order chi connectivity index (χ1) is 14.9. The van der Waals surface area contributed by atoms with Crippen LogP contribution in [0.4, 0.5) is 0 Å². The Morgan fingerprint density at radius 1 is 1.23 bits per heavy atom. The lowest BCUT2D eigenvalue weighted by Crippen LogP contribution is -2.39. The second kappa shape index (κ2) is 8.94. The molecule has 8 heteroatoms. The van der Waals surface area contributed by atoms with Crippen LogP contribution in [-0.4, -0.2) is 17.1 Å². The minimum atomic E-state index is -0.639. The van der Waals surface area contributed by atoms with Crippen molar-refractivity contribution in [3.8, 4) is 0 Å². The van der Waals surface area contributed by atoms with Gasteiger partial charge in [0.25, 0.3) is 5.56 Å². The lowest BCUT2D eigenvalue weighted by atomic mass is 9.96. The number of halogens is 2. The fourth-order valence-electron chi connectivity index (χ4n) is 3.46. The maximum absolute atomic E-state index is 13.4. The van der Waals surface area contributed by atoms with Gasteiger partial charge in [0.15, 0.2) is 4.80 Å². The molecule has 1 atom stereocenters. The Morgan fingerprint density at radius 2 is 1.90 bits per heavy atom. The van der Waals surface area contributed by atoms with Crippen LogP contribution < -0.4 is 14.9 Å². The Labute approximate surface area is 196 Å². The summed E-state index contributed by atoms with van der Waals surface area (Å²) in [6, 6.07) is 14.2. The van der Waals surface area contributed by atoms with E-state index in [1.165, 1.54) is 11.3 Å². The SMILES string of the molecule is CCOC(=O)C1=C(C)N=c2sc(=Cc3ccc(Br)cc3)c(=O)n2[C@@H]1c1ccc(Cl)cc1. The quantitative estimate of drug-likeness (QED) is 0.487. The van der Waals surface area contributed by atoms with Crippen molar-refractivity contribution >= 4 is 50.9 Å². The zero-order valence-corrected chi connectivity index (χ0v) is 19.9. The van der Waals surface area contributed by atoms with Gasteiger partial charge in [0, 0.05) is 9.50 Å². The number of allylic oxidation sites excluding steroid dienone is 1. The molecule has 0 unspecified atom stereocenters. The Bertz CT molecular complexity index is 1360. The van der Waals surface area contributed by atoms with E-state index in [1.54, 1.807) is 30.5 Å². The van der Waals surface area contributed by atoms with Crippen LogP contribution in [0, 0.1) is 0 Å². The Balaban J connectivity index is 1.94. The summed E-state index contributed by atoms with van der Waals surface area (Å²) in [4.78, 5) is 31.4. The molecule has 0 radical (unpaired) electrons. The number of hydrogen-bond donors (Lipinski definition) is 0. The van der Waals surface area contributed by atoms with E-state index in [-0.39, 0.29) is 12.2 Å². The molecule has 1 aromatic heterocycles. The molecule has 0 spiro atoms. The topological polar surface area (TPSA) is 60.7 Å². The molecule has 3 aromatic rings. The van der Waals surface area contributed by atoms with E-state index in [0.29, 0.717) is 25.6 Å². The summed E-state index contributed by atoms with van der Waals surface area (Å²) >= 11 is 10.8. The molecule has 0 amide bonds. The van der Waals surface area contributed by atoms with Crippen molar-refractivity contribution in [2.45, 2.75) is 19.9 Å². The smallest absolute Gasteiger partial charge is 0.338 e. The summed E-state index contributed by atoms with van der Waals surface area (Å²) in [5, 5.41) is 0.574. The van der Waals surface area contributed by atoms with E-state index < -0.39 is 12.0 Å². The monoisotopic (exact) mass is 516 g/mol. The molecular weight excluding hydrogens is 500 g/mol. The Hall–Kier alpha value is -2.48. The van der Waals surface area contributed by atoms with Crippen LogP contribution in [0.3, 0.4) is 0 Å². The highest BCUT2D eigenvalue weighted by Crippen LogP contribution is 2.31. The van der Waals surface area contributed by atoms with Gasteiger partial charge in [-0.1, -0.05) is 63.1 Å². The van der Waals surface area contributed by atoms with E-state index in [1.807, 2.05) is 42.5 Å². The first-order valence-corrected chi connectivity index (χ1v) is 11.6. The van der Waals surface area contributed by atoms with E-state index in [2.05, 4.69) is 20.9 Å². The Kier molecular flexibility index (Phi) is 6.27. The first-order valence-electron chi connectivity index (χ1n) is 9.59. The Morgan fingerprint density at radius 3 is 2.55 bits per heavy atom. The van der Waals surface area contributed by atoms with Gasteiger partial charge in [-0.15, -0.1) is 0 Å². The normalized spacial score (nSPS) is 16.1. The molecule has 0 saturated heterocycles. The number of nitrogens with zero attached hydrogens (tertiary/aromatic N) is 2. The van der Waals surface area contributed by atoms with E-state index >= 15 is 0 Å². The molecule has 5 nitrogen and oxygen atoms in total. The molecule has 0 aliphatic carbocycles. The number of benzene rings is 2. The van der Waals surface area contributed by atoms with Gasteiger partial charge in [-0.2, -0.15) is 0 Å². The highest BCUT2D eigenvalue weighted by molar-refractivity contribution is 9.10. The van der Waals surface area contributed by atoms with Crippen LogP contribution in [-0.2, 0) is 9.53 Å². The second-order valence-corrected chi connectivity index (χ2v) is 9.27. The second-order valence-electron chi connectivity index (χ2n) is 6.91. The van der Waals surface area contributed by atoms with Gasteiger partial charge < -0.3 is 4.74 Å². The van der Waals surface area contributed by atoms with E-state index in [4.69, 9.17) is 16.3 Å². The average molecular weight is 518 g/mol. The summed E-state index contributed by atoms with van der Waals surface area (Å²) in [6.45, 7) is 3.75. The molecule has 31 heavy (non-hydrogen) atoms. The van der Waals surface area contributed by atoms with Crippen molar-refractivity contribution in [1.82, 2.24) is 4.57 Å². The number of carbonyl (C=O) groups excluding carboxylic acids is 1. The van der Waals surface area contributed by atoms with Crippen molar-refractivity contribution in [1.29, 1.82) is 0 Å². The standard InChI is InChI=1S/C23H18BrClN2O3S/c1-3-30-22(29)19-13(2)26-23-27(20(19)15-6-10-17(25)11-7-15)21(28)18(31-23)12-14-4-8-16(24)9-5-14/h4-12,20H,3H2,1-2H3/t20-/m1/s1. The maximum Gasteiger partial charge on any atom is 0.338 e. The summed E-state index contributed by atoms with van der Waals surface area (Å²) < 4.78 is 8.36. The number of thiazole rings is 1. The minimum absolute atomic E-state index is 0.207. The zero-order valence-electron chi connectivity index (χ0n) is 16.8. The van der Waals surface area contributed by atoms with Gasteiger partial charge in [0.1, 0.15) is 0 Å². The lowest BCUT2D eigenvalue weighted by molar-refractivity contribution is -0.139. The lowest BCUT2D eigenvalue weighted by Gasteiger charge is -2.24. The van der Waals surface area contributed by atoms with Gasteiger partial charge in [0.2, 0.25) is 0 Å². The molecular formula is C23H18BrClN2O3S. The molecule has 0 fully saturated rings. The average Bonchev–Trinajstić information content (AvgIpc) is 3.04. The van der Waals surface area contributed by atoms with Crippen LogP contribution in [0.2, 0.25) is 5.02 Å². The highest BCUT2D eigenvalue weighted by Gasteiger charge is 2.33. The van der Waals surface area contributed by atoms with Crippen LogP contribution in [0.5, 0.6) is 0 Å². The number of fused-ring (bicyclic) bond motifs is 1. The summed E-state index contributed by atoms with van der Waals surface area (Å²) in [7, 11) is 0. The van der Waals surface area contributed by atoms with Crippen molar-refractivity contribution < 1.29 is 9.53 Å². The predicted molar refractivity (Wildman–Crippen MR) is 126 cm³/mol. The molecule has 0 bridgehead atoms. The zero-order chi connectivity index (χ0) is 22.1. The third-order valence-electron chi connectivity index (χ3n) is 4.87. The van der Waals surface area contributed by atoms with Gasteiger partial charge in [-0.25, -0.2) is 9.79 Å². The predicted octanol–water partition coefficient (Wildman–Crippen LogP) is 4.21. The number of ether oxygens (including phenoxy) is 1. The van der Waals surface area contributed by atoms with Gasteiger partial charge in [0.05, 0.1) is 28.5 Å². The van der Waals surface area contributed by atoms with Crippen molar-refractivity contribution in [3.05, 3.63) is 100 Å². The molecule has 158 valence electrons. The van der Waals surface area contributed by atoms with Crippen molar-refractivity contribution in [2.24, 2.45) is 4.99 Å². The van der Waals surface area contributed by atoms with Gasteiger partial charge in [-0.05, 0) is 55.3 Å². The number of aromatic nitrogens is 1. The molecule has 2 aromatic carbocycles. The summed E-state index contributed by atoms with van der Waals surface area (Å²) in [5.41, 5.74) is 2.35. The maximum atomic E-state index is 13.4. The highest BCUT2D eigenvalue weighted by atomic mass is 79.9. The number of hydrogen-bond acceptors (Lipinski definition) is 5. The number of rotatable bonds is 4. The van der Waals surface area contributed by atoms with Crippen LogP contribution in [0.15, 0.2) is 74.1 Å². The molecule has 4 rings (SSSR count). The van der Waals surface area contributed by atoms with Crippen LogP contribution in [0.1, 0.15) is 31.0 Å². The van der Waals surface area contributed by atoms with Gasteiger partial charge >= 0.3 is 5.97 Å². The van der Waals surface area contributed by atoms with Gasteiger partial charge in [-0.3, -0.25) is 9.36 Å². The fourth-order valence-corrected chi connectivity index (χ4v) is 4.90. The molecule has 2 heterocycles. The van der Waals surface area contributed by atoms with Crippen molar-refractivity contribution in [2.75, 3.05) is 6.61 Å². The first kappa shape index (κ1) is 21.7. The summed E-state index contributed by atoms with van der Waals surface area (Å²) in [5.74, 6) is -0.481. The fraction of sp³-hybridized carbons (Fsp3) is 0.174. The number of carbonyl (C=O) groups is 1. The third kappa shape index (κ3) is 4.31. The number of esters is 1. The molecule has 0 saturated carbocycles. The summed E-state index contributed by atoms with van der Waals surface area (Å²) in [6.07, 6.45) is 1.83. The van der Waals surface area contributed by atoms with E-state index in [9.17, 15) is 9.59 Å². The van der Waals surface area contributed by atoms with Crippen molar-refractivity contribution in [3.63, 3.8) is 0 Å². The third-order valence-corrected chi connectivity index (χ3v) is 6.63. The molecule has 1 aliphatic rings. The van der Waals surface area contributed by atoms with E-state index in [0.717, 1.165) is 15.6 Å².